The first-order valence-electron chi connectivity index (χ1n) is 12.0. The zero-order valence-electron chi connectivity index (χ0n) is 20.3. The van der Waals surface area contributed by atoms with Gasteiger partial charge in [0.25, 0.3) is 5.91 Å². The Hall–Kier alpha value is -3.22. The molecule has 3 heterocycles. The van der Waals surface area contributed by atoms with E-state index in [4.69, 9.17) is 14.2 Å². The number of amides is 2. The normalized spacial score (nSPS) is 21.6. The third-order valence-electron chi connectivity index (χ3n) is 6.43. The van der Waals surface area contributed by atoms with Gasteiger partial charge in [0.05, 0.1) is 19.2 Å². The summed E-state index contributed by atoms with van der Waals surface area (Å²) in [5.41, 5.74) is 3.39. The zero-order valence-corrected chi connectivity index (χ0v) is 20.3. The van der Waals surface area contributed by atoms with E-state index in [0.29, 0.717) is 55.4 Å². The lowest BCUT2D eigenvalue weighted by Gasteiger charge is -2.23. The van der Waals surface area contributed by atoms with Crippen LogP contribution in [0.4, 0.5) is 5.69 Å². The number of rotatable bonds is 4. The third kappa shape index (κ3) is 4.56. The molecule has 7 nitrogen and oxygen atoms in total. The summed E-state index contributed by atoms with van der Waals surface area (Å²) < 4.78 is 18.5. The molecule has 7 heteroatoms. The van der Waals surface area contributed by atoms with Crippen LogP contribution in [0.5, 0.6) is 17.2 Å². The molecule has 0 unspecified atom stereocenters. The molecule has 180 valence electrons. The molecule has 1 N–H and O–H groups in total. The van der Waals surface area contributed by atoms with E-state index >= 15 is 0 Å². The highest BCUT2D eigenvalue weighted by molar-refractivity contribution is 6.00. The molecule has 2 atom stereocenters. The Morgan fingerprint density at radius 3 is 2.76 bits per heavy atom. The highest BCUT2D eigenvalue weighted by Crippen LogP contribution is 2.38. The molecule has 0 bridgehead atoms. The number of ether oxygens (including phenoxy) is 3. The average molecular weight is 465 g/mol. The van der Waals surface area contributed by atoms with Crippen molar-refractivity contribution in [3.63, 3.8) is 0 Å². The summed E-state index contributed by atoms with van der Waals surface area (Å²) in [6.07, 6.45) is 1.78. The first-order valence-corrected chi connectivity index (χ1v) is 12.0. The fourth-order valence-electron chi connectivity index (χ4n) is 4.77. The summed E-state index contributed by atoms with van der Waals surface area (Å²) in [5.74, 6) is 1.81. The van der Waals surface area contributed by atoms with Gasteiger partial charge in [0.15, 0.2) is 0 Å². The zero-order chi connectivity index (χ0) is 24.0. The molecule has 5 rings (SSSR count). The van der Waals surface area contributed by atoms with Gasteiger partial charge in [0.1, 0.15) is 35.5 Å². The fourth-order valence-corrected chi connectivity index (χ4v) is 4.77. The molecule has 0 aliphatic carbocycles. The van der Waals surface area contributed by atoms with Crippen molar-refractivity contribution in [1.82, 2.24) is 4.90 Å². The summed E-state index contributed by atoms with van der Waals surface area (Å²) in [4.78, 5) is 27.3. The molecular weight excluding hydrogens is 432 g/mol. The molecule has 34 heavy (non-hydrogen) atoms. The smallest absolute Gasteiger partial charge is 0.261 e. The molecule has 1 fully saturated rings. The van der Waals surface area contributed by atoms with Crippen molar-refractivity contribution in [2.75, 3.05) is 25.1 Å². The average Bonchev–Trinajstić information content (AvgIpc) is 3.12. The minimum atomic E-state index is -0.152. The first kappa shape index (κ1) is 22.6. The van der Waals surface area contributed by atoms with Crippen molar-refractivity contribution in [3.8, 4) is 17.2 Å². The lowest BCUT2D eigenvalue weighted by molar-refractivity contribution is -0.116. The molecular formula is C27H32N2O5. The van der Waals surface area contributed by atoms with Crippen LogP contribution in [0.25, 0.3) is 0 Å². The van der Waals surface area contributed by atoms with Crippen LogP contribution in [-0.4, -0.2) is 48.6 Å². The minimum absolute atomic E-state index is 0.0278. The Balaban J connectivity index is 1.34. The molecule has 2 aromatic carbocycles. The number of nitrogens with one attached hydrogen (secondary N) is 1. The van der Waals surface area contributed by atoms with Crippen molar-refractivity contribution in [1.29, 1.82) is 0 Å². The summed E-state index contributed by atoms with van der Waals surface area (Å²) in [6, 6.07) is 9.58. The number of hydrogen-bond donors (Lipinski definition) is 1. The van der Waals surface area contributed by atoms with Crippen LogP contribution in [-0.2, 0) is 11.2 Å². The van der Waals surface area contributed by atoms with Crippen LogP contribution in [0.2, 0.25) is 0 Å². The fraction of sp³-hybridized carbons (Fsp3) is 0.481. The first-order chi connectivity index (χ1) is 16.2. The number of benzene rings is 2. The maximum atomic E-state index is 13.7. The largest absolute Gasteiger partial charge is 0.492 e. The van der Waals surface area contributed by atoms with E-state index in [1.54, 1.807) is 0 Å². The summed E-state index contributed by atoms with van der Waals surface area (Å²) in [6.45, 7) is 9.68. The van der Waals surface area contributed by atoms with Gasteiger partial charge >= 0.3 is 0 Å². The van der Waals surface area contributed by atoms with Gasteiger partial charge in [0.2, 0.25) is 5.91 Å². The van der Waals surface area contributed by atoms with Gasteiger partial charge < -0.3 is 24.4 Å². The van der Waals surface area contributed by atoms with Gasteiger partial charge in [-0.2, -0.15) is 0 Å². The van der Waals surface area contributed by atoms with Crippen molar-refractivity contribution in [3.05, 3.63) is 47.0 Å². The lowest BCUT2D eigenvalue weighted by atomic mass is 9.98. The molecule has 2 amide bonds. The molecule has 1 saturated heterocycles. The topological polar surface area (TPSA) is 77.1 Å². The van der Waals surface area contributed by atoms with E-state index in [1.807, 2.05) is 42.2 Å². The number of carbonyl (C=O) groups excluding carboxylic acids is 2. The van der Waals surface area contributed by atoms with E-state index in [9.17, 15) is 9.59 Å². The predicted molar refractivity (Wildman–Crippen MR) is 129 cm³/mol. The van der Waals surface area contributed by atoms with Gasteiger partial charge in [0, 0.05) is 24.6 Å². The Morgan fingerprint density at radius 2 is 1.97 bits per heavy atom. The molecule has 0 aromatic heterocycles. The van der Waals surface area contributed by atoms with Gasteiger partial charge in [-0.25, -0.2) is 0 Å². The van der Waals surface area contributed by atoms with E-state index in [-0.39, 0.29) is 29.4 Å². The standard InChI is InChI=1S/C27H32N2O5/c1-16-9-22-25(23(10-16)33-15-27(2,3)4)26(31)29-13-20(11-18(29)14-32-22)34-19-7-5-17-6-8-24(30)28-21(17)12-19/h5,7,9-10,12,18,20H,6,8,11,13-15H2,1-4H3,(H,28,30)/t18-,20+/m1/s1. The lowest BCUT2D eigenvalue weighted by Crippen LogP contribution is -2.37. The van der Waals surface area contributed by atoms with E-state index in [0.717, 1.165) is 23.2 Å². The molecule has 2 aromatic rings. The van der Waals surface area contributed by atoms with Crippen LogP contribution in [0, 0.1) is 12.3 Å². The second-order valence-electron chi connectivity index (χ2n) is 10.8. The Labute approximate surface area is 200 Å². The molecule has 3 aliphatic heterocycles. The quantitative estimate of drug-likeness (QED) is 0.728. The third-order valence-corrected chi connectivity index (χ3v) is 6.43. The van der Waals surface area contributed by atoms with E-state index in [2.05, 4.69) is 26.1 Å². The van der Waals surface area contributed by atoms with Crippen LogP contribution in [0.15, 0.2) is 30.3 Å². The number of fused-ring (bicyclic) bond motifs is 3. The predicted octanol–water partition coefficient (Wildman–Crippen LogP) is 4.36. The SMILES string of the molecule is Cc1cc2c(c(OCC(C)(C)C)c1)C(=O)N1C[C@@H](Oc3ccc4c(c3)NC(=O)CC4)C[C@@H]1CO2. The number of carbonyl (C=O) groups is 2. The van der Waals surface area contributed by atoms with Crippen LogP contribution < -0.4 is 19.5 Å². The van der Waals surface area contributed by atoms with E-state index in [1.165, 1.54) is 0 Å². The van der Waals surface area contributed by atoms with Crippen molar-refractivity contribution >= 4 is 17.5 Å². The number of hydrogen-bond acceptors (Lipinski definition) is 5. The second kappa shape index (κ2) is 8.53. The Bertz CT molecular complexity index is 1140. The van der Waals surface area contributed by atoms with Crippen LogP contribution >= 0.6 is 0 Å². The highest BCUT2D eigenvalue weighted by Gasteiger charge is 2.41. The summed E-state index contributed by atoms with van der Waals surface area (Å²) >= 11 is 0. The maximum absolute atomic E-state index is 13.7. The van der Waals surface area contributed by atoms with Crippen molar-refractivity contribution in [2.45, 2.75) is 59.1 Å². The second-order valence-corrected chi connectivity index (χ2v) is 10.8. The van der Waals surface area contributed by atoms with Crippen LogP contribution in [0.1, 0.15) is 55.1 Å². The number of anilines is 1. The monoisotopic (exact) mass is 464 g/mol. The maximum Gasteiger partial charge on any atom is 0.261 e. The van der Waals surface area contributed by atoms with Gasteiger partial charge in [-0.05, 0) is 48.1 Å². The van der Waals surface area contributed by atoms with Crippen LogP contribution in [0.3, 0.4) is 0 Å². The number of aryl methyl sites for hydroxylation is 2. The Kier molecular flexibility index (Phi) is 5.66. The van der Waals surface area contributed by atoms with Gasteiger partial charge in [-0.3, -0.25) is 9.59 Å². The van der Waals surface area contributed by atoms with E-state index < -0.39 is 0 Å². The minimum Gasteiger partial charge on any atom is -0.492 e. The Morgan fingerprint density at radius 1 is 1.15 bits per heavy atom. The number of nitrogens with zero attached hydrogens (tertiary/aromatic N) is 1. The highest BCUT2D eigenvalue weighted by atomic mass is 16.5. The van der Waals surface area contributed by atoms with Gasteiger partial charge in [-0.1, -0.05) is 26.8 Å². The molecule has 0 saturated carbocycles. The summed E-state index contributed by atoms with van der Waals surface area (Å²) in [7, 11) is 0. The molecule has 3 aliphatic rings. The van der Waals surface area contributed by atoms with Crippen molar-refractivity contribution < 1.29 is 23.8 Å². The van der Waals surface area contributed by atoms with Crippen molar-refractivity contribution in [2.24, 2.45) is 5.41 Å². The summed E-state index contributed by atoms with van der Waals surface area (Å²) in [5, 5.41) is 2.92. The molecule has 0 spiro atoms. The molecule has 0 radical (unpaired) electrons. The van der Waals surface area contributed by atoms with Gasteiger partial charge in [-0.15, -0.1) is 0 Å².